The molecule has 0 amide bonds. The molecule has 0 bridgehead atoms. The van der Waals surface area contributed by atoms with Crippen molar-refractivity contribution in [3.05, 3.63) is 53.9 Å². The summed E-state index contributed by atoms with van der Waals surface area (Å²) >= 11 is 0. The summed E-state index contributed by atoms with van der Waals surface area (Å²) in [5, 5.41) is 12.0. The van der Waals surface area contributed by atoms with Gasteiger partial charge in [-0.05, 0) is 42.5 Å². The number of fused-ring (bicyclic) bond motifs is 1. The van der Waals surface area contributed by atoms with Gasteiger partial charge < -0.3 is 9.88 Å². The minimum Gasteiger partial charge on any atom is -0.378 e. The molecule has 0 radical (unpaired) electrons. The van der Waals surface area contributed by atoms with Crippen LogP contribution < -0.4 is 5.32 Å². The van der Waals surface area contributed by atoms with Crippen molar-refractivity contribution in [2.24, 2.45) is 7.05 Å². The molecule has 3 aromatic rings. The maximum absolute atomic E-state index is 11.2. The molecule has 24 heavy (non-hydrogen) atoms. The van der Waals surface area contributed by atoms with Crippen molar-refractivity contribution in [2.45, 2.75) is 11.4 Å². The van der Waals surface area contributed by atoms with E-state index in [-0.39, 0.29) is 4.90 Å². The number of hydrogen-bond donors (Lipinski definition) is 2. The minimum absolute atomic E-state index is 0.181. The predicted molar refractivity (Wildman–Crippen MR) is 89.0 cm³/mol. The number of benzene rings is 2. The van der Waals surface area contributed by atoms with Crippen LogP contribution in [-0.4, -0.2) is 22.5 Å². The molecule has 0 saturated heterocycles. The van der Waals surface area contributed by atoms with Gasteiger partial charge in [0.25, 0.3) is 10.1 Å². The van der Waals surface area contributed by atoms with Gasteiger partial charge in [-0.25, -0.2) is 4.98 Å². The van der Waals surface area contributed by atoms with Gasteiger partial charge in [0.2, 0.25) is 0 Å². The zero-order valence-corrected chi connectivity index (χ0v) is 13.6. The summed E-state index contributed by atoms with van der Waals surface area (Å²) < 4.78 is 33.4. The van der Waals surface area contributed by atoms with Gasteiger partial charge in [-0.3, -0.25) is 4.55 Å². The second-order valence-electron chi connectivity index (χ2n) is 5.26. The van der Waals surface area contributed by atoms with Crippen LogP contribution in [0.5, 0.6) is 0 Å². The first-order valence-electron chi connectivity index (χ1n) is 7.05. The lowest BCUT2D eigenvalue weighted by Crippen LogP contribution is -2.05. The maximum Gasteiger partial charge on any atom is 0.294 e. The van der Waals surface area contributed by atoms with E-state index in [0.29, 0.717) is 23.4 Å². The Morgan fingerprint density at radius 3 is 2.58 bits per heavy atom. The number of imidazole rings is 1. The zero-order valence-electron chi connectivity index (χ0n) is 12.8. The van der Waals surface area contributed by atoms with Gasteiger partial charge in [0.05, 0.1) is 34.1 Å². The highest BCUT2D eigenvalue weighted by Gasteiger charge is 2.13. The average Bonchev–Trinajstić information content (AvgIpc) is 2.88. The molecule has 0 aliphatic rings. The van der Waals surface area contributed by atoms with Crippen molar-refractivity contribution in [3.8, 4) is 6.07 Å². The van der Waals surface area contributed by atoms with Gasteiger partial charge in [-0.1, -0.05) is 0 Å². The molecule has 0 unspecified atom stereocenters. The van der Waals surface area contributed by atoms with E-state index < -0.39 is 10.1 Å². The number of nitrogens with one attached hydrogen (secondary N) is 1. The minimum atomic E-state index is -4.25. The van der Waals surface area contributed by atoms with E-state index in [4.69, 9.17) is 9.81 Å². The fourth-order valence-corrected chi connectivity index (χ4v) is 2.89. The highest BCUT2D eigenvalue weighted by Crippen LogP contribution is 2.20. The van der Waals surface area contributed by atoms with Crippen LogP contribution in [-0.2, 0) is 23.7 Å². The third-order valence-electron chi connectivity index (χ3n) is 3.71. The fourth-order valence-electron chi connectivity index (χ4n) is 2.39. The van der Waals surface area contributed by atoms with Crippen molar-refractivity contribution >= 4 is 26.8 Å². The Kier molecular flexibility index (Phi) is 3.97. The number of hydrogen-bond acceptors (Lipinski definition) is 5. The van der Waals surface area contributed by atoms with Crippen LogP contribution in [0.1, 0.15) is 11.4 Å². The molecule has 0 saturated carbocycles. The lowest BCUT2D eigenvalue weighted by atomic mass is 10.2. The summed E-state index contributed by atoms with van der Waals surface area (Å²) in [5.41, 5.74) is 2.68. The van der Waals surface area contributed by atoms with Crippen LogP contribution in [0.15, 0.2) is 47.4 Å². The predicted octanol–water partition coefficient (Wildman–Crippen LogP) is 2.30. The molecular weight excluding hydrogens is 328 g/mol. The van der Waals surface area contributed by atoms with E-state index in [9.17, 15) is 8.42 Å². The summed E-state index contributed by atoms with van der Waals surface area (Å²) in [7, 11) is -2.42. The fraction of sp³-hybridized carbons (Fsp3) is 0.125. The number of anilines is 1. The summed E-state index contributed by atoms with van der Waals surface area (Å²) in [6, 6.07) is 13.4. The van der Waals surface area contributed by atoms with E-state index >= 15 is 0 Å². The van der Waals surface area contributed by atoms with E-state index in [0.717, 1.165) is 11.2 Å². The van der Waals surface area contributed by atoms with Gasteiger partial charge >= 0.3 is 0 Å². The van der Waals surface area contributed by atoms with Gasteiger partial charge in [-0.15, -0.1) is 0 Å². The number of aromatic nitrogens is 2. The molecule has 1 aromatic heterocycles. The molecule has 2 N–H and O–H groups in total. The second-order valence-corrected chi connectivity index (χ2v) is 6.68. The van der Waals surface area contributed by atoms with Crippen LogP contribution >= 0.6 is 0 Å². The van der Waals surface area contributed by atoms with Gasteiger partial charge in [-0.2, -0.15) is 13.7 Å². The summed E-state index contributed by atoms with van der Waals surface area (Å²) in [6.45, 7) is 0.429. The van der Waals surface area contributed by atoms with Crippen molar-refractivity contribution in [2.75, 3.05) is 5.32 Å². The van der Waals surface area contributed by atoms with Crippen molar-refractivity contribution in [3.63, 3.8) is 0 Å². The normalized spacial score (nSPS) is 11.4. The lowest BCUT2D eigenvalue weighted by molar-refractivity contribution is 0.483. The Bertz CT molecular complexity index is 1050. The molecular formula is C16H14N4O3S. The molecule has 0 fully saturated rings. The van der Waals surface area contributed by atoms with Crippen LogP contribution in [0.4, 0.5) is 5.69 Å². The third-order valence-corrected chi connectivity index (χ3v) is 4.56. The monoisotopic (exact) mass is 342 g/mol. The highest BCUT2D eigenvalue weighted by atomic mass is 32.2. The molecule has 0 aliphatic carbocycles. The number of aryl methyl sites for hydroxylation is 1. The lowest BCUT2D eigenvalue weighted by Gasteiger charge is -2.06. The Balaban J connectivity index is 1.86. The smallest absolute Gasteiger partial charge is 0.294 e. The van der Waals surface area contributed by atoms with E-state index in [1.807, 2.05) is 11.6 Å². The SMILES string of the molecule is Cn1c(CNc2ccc(C#N)cc2)nc2cc(S(=O)(=O)O)ccc21. The van der Waals surface area contributed by atoms with Crippen LogP contribution in [0.2, 0.25) is 0 Å². The summed E-state index contributed by atoms with van der Waals surface area (Å²) in [5.74, 6) is 0.710. The molecule has 1 heterocycles. The van der Waals surface area contributed by atoms with Crippen molar-refractivity contribution in [1.82, 2.24) is 9.55 Å². The average molecular weight is 342 g/mol. The third kappa shape index (κ3) is 3.08. The van der Waals surface area contributed by atoms with Crippen molar-refractivity contribution < 1.29 is 13.0 Å². The Morgan fingerprint density at radius 2 is 1.96 bits per heavy atom. The molecule has 0 atom stereocenters. The van der Waals surface area contributed by atoms with E-state index in [1.165, 1.54) is 12.1 Å². The first kappa shape index (κ1) is 16.0. The zero-order chi connectivity index (χ0) is 17.3. The molecule has 2 aromatic carbocycles. The molecule has 8 heteroatoms. The first-order valence-corrected chi connectivity index (χ1v) is 8.49. The Hall–Kier alpha value is -2.89. The highest BCUT2D eigenvalue weighted by molar-refractivity contribution is 7.85. The van der Waals surface area contributed by atoms with E-state index in [2.05, 4.69) is 16.4 Å². The van der Waals surface area contributed by atoms with Crippen LogP contribution in [0, 0.1) is 11.3 Å². The molecule has 7 nitrogen and oxygen atoms in total. The maximum atomic E-state index is 11.2. The van der Waals surface area contributed by atoms with Crippen LogP contribution in [0.25, 0.3) is 11.0 Å². The summed E-state index contributed by atoms with van der Waals surface area (Å²) in [6.07, 6.45) is 0. The van der Waals surface area contributed by atoms with Crippen molar-refractivity contribution in [1.29, 1.82) is 5.26 Å². The standard InChI is InChI=1S/C16H14N4O3S/c1-20-15-7-6-13(24(21,22)23)8-14(15)19-16(20)10-18-12-4-2-11(9-17)3-5-12/h2-8,18H,10H2,1H3,(H,21,22,23). The summed E-state index contributed by atoms with van der Waals surface area (Å²) in [4.78, 5) is 4.23. The quantitative estimate of drug-likeness (QED) is 0.704. The molecule has 122 valence electrons. The van der Waals surface area contributed by atoms with Gasteiger partial charge in [0, 0.05) is 12.7 Å². The number of rotatable bonds is 4. The topological polar surface area (TPSA) is 108 Å². The molecule has 3 rings (SSSR count). The van der Waals surface area contributed by atoms with Gasteiger partial charge in [0.15, 0.2) is 0 Å². The van der Waals surface area contributed by atoms with Crippen LogP contribution in [0.3, 0.4) is 0 Å². The first-order chi connectivity index (χ1) is 11.4. The van der Waals surface area contributed by atoms with Gasteiger partial charge in [0.1, 0.15) is 5.82 Å². The molecule has 0 spiro atoms. The van der Waals surface area contributed by atoms with E-state index in [1.54, 1.807) is 30.3 Å². The number of nitriles is 1. The largest absolute Gasteiger partial charge is 0.378 e. The molecule has 0 aliphatic heterocycles. The second kappa shape index (κ2) is 5.96. The number of nitrogens with zero attached hydrogens (tertiary/aromatic N) is 3. The Morgan fingerprint density at radius 1 is 1.25 bits per heavy atom. The Labute approximate surface area is 138 Å².